The Hall–Kier alpha value is -1.96. The number of anilines is 1. The van der Waals surface area contributed by atoms with E-state index in [4.69, 9.17) is 0 Å². The molecular weight excluding hydrogens is 338 g/mol. The molecule has 6 nitrogen and oxygen atoms in total. The first-order valence-electron chi connectivity index (χ1n) is 8.47. The van der Waals surface area contributed by atoms with Gasteiger partial charge in [0, 0.05) is 29.9 Å². The highest BCUT2D eigenvalue weighted by atomic mass is 32.2. The van der Waals surface area contributed by atoms with Crippen molar-refractivity contribution in [2.24, 2.45) is 5.92 Å². The minimum Gasteiger partial charge on any atom is -0.326 e. The zero-order valence-corrected chi connectivity index (χ0v) is 15.0. The summed E-state index contributed by atoms with van der Waals surface area (Å²) in [7, 11) is -3.62. The Morgan fingerprint density at radius 1 is 1.20 bits per heavy atom. The van der Waals surface area contributed by atoms with Crippen LogP contribution in [0.2, 0.25) is 0 Å². The topological polar surface area (TPSA) is 87.3 Å². The van der Waals surface area contributed by atoms with Gasteiger partial charge in [-0.05, 0) is 44.0 Å². The van der Waals surface area contributed by atoms with E-state index in [1.165, 1.54) is 6.92 Å². The van der Waals surface area contributed by atoms with Crippen LogP contribution in [0.15, 0.2) is 41.3 Å². The summed E-state index contributed by atoms with van der Waals surface area (Å²) >= 11 is 0. The van der Waals surface area contributed by atoms with E-state index in [1.54, 1.807) is 24.3 Å². The van der Waals surface area contributed by atoms with E-state index in [9.17, 15) is 13.2 Å². The number of amides is 1. The first-order valence-corrected chi connectivity index (χ1v) is 9.95. The average molecular weight is 361 g/mol. The van der Waals surface area contributed by atoms with Crippen molar-refractivity contribution >= 4 is 32.4 Å². The van der Waals surface area contributed by atoms with Crippen LogP contribution in [-0.2, 0) is 14.8 Å². The molecule has 2 aromatic rings. The van der Waals surface area contributed by atoms with Gasteiger partial charge in [-0.1, -0.05) is 24.3 Å². The van der Waals surface area contributed by atoms with Gasteiger partial charge in [0.25, 0.3) is 0 Å². The SMILES string of the molecule is CC(=O)Nc1ccc(S(=O)(=O)NCC2CCCNC2)c2ccccc12. The lowest BCUT2D eigenvalue weighted by atomic mass is 10.0. The molecule has 1 amide bonds. The number of sulfonamides is 1. The van der Waals surface area contributed by atoms with Gasteiger partial charge >= 0.3 is 0 Å². The van der Waals surface area contributed by atoms with Crippen LogP contribution in [0.5, 0.6) is 0 Å². The van der Waals surface area contributed by atoms with Crippen molar-refractivity contribution in [3.8, 4) is 0 Å². The molecule has 3 N–H and O–H groups in total. The number of nitrogens with one attached hydrogen (secondary N) is 3. The van der Waals surface area contributed by atoms with E-state index in [0.717, 1.165) is 25.9 Å². The summed E-state index contributed by atoms with van der Waals surface area (Å²) in [6.07, 6.45) is 2.10. The minimum absolute atomic E-state index is 0.191. The standard InChI is InChI=1S/C18H23N3O3S/c1-13(22)21-17-8-9-18(16-7-3-2-6-15(16)17)25(23,24)20-12-14-5-4-10-19-11-14/h2-3,6-9,14,19-20H,4-5,10-12H2,1H3,(H,21,22). The predicted molar refractivity (Wildman–Crippen MR) is 99.0 cm³/mol. The lowest BCUT2D eigenvalue weighted by molar-refractivity contribution is -0.114. The third-order valence-corrected chi connectivity index (χ3v) is 5.93. The number of carbonyl (C=O) groups is 1. The molecule has 0 aromatic heterocycles. The van der Waals surface area contributed by atoms with Gasteiger partial charge in [0.2, 0.25) is 15.9 Å². The van der Waals surface area contributed by atoms with Crippen molar-refractivity contribution < 1.29 is 13.2 Å². The molecular formula is C18H23N3O3S. The predicted octanol–water partition coefficient (Wildman–Crippen LogP) is 2.08. The summed E-state index contributed by atoms with van der Waals surface area (Å²) in [5, 5.41) is 7.35. The van der Waals surface area contributed by atoms with E-state index >= 15 is 0 Å². The maximum atomic E-state index is 12.8. The van der Waals surface area contributed by atoms with Crippen molar-refractivity contribution in [2.75, 3.05) is 25.0 Å². The fraction of sp³-hybridized carbons (Fsp3) is 0.389. The smallest absolute Gasteiger partial charge is 0.241 e. The molecule has 1 saturated heterocycles. The van der Waals surface area contributed by atoms with Crippen LogP contribution in [0.3, 0.4) is 0 Å². The van der Waals surface area contributed by atoms with Gasteiger partial charge in [0.05, 0.1) is 4.90 Å². The molecule has 1 atom stereocenters. The summed E-state index contributed by atoms with van der Waals surface area (Å²) in [5.74, 6) is 0.122. The van der Waals surface area contributed by atoms with Crippen molar-refractivity contribution in [3.63, 3.8) is 0 Å². The maximum absolute atomic E-state index is 12.8. The Morgan fingerprint density at radius 2 is 1.96 bits per heavy atom. The van der Waals surface area contributed by atoms with E-state index in [0.29, 0.717) is 28.9 Å². The summed E-state index contributed by atoms with van der Waals surface area (Å²) in [4.78, 5) is 11.6. The van der Waals surface area contributed by atoms with Gasteiger partial charge < -0.3 is 10.6 Å². The Balaban J connectivity index is 1.90. The fourth-order valence-electron chi connectivity index (χ4n) is 3.21. The monoisotopic (exact) mass is 361 g/mol. The molecule has 7 heteroatoms. The summed E-state index contributed by atoms with van der Waals surface area (Å²) in [6, 6.07) is 10.4. The van der Waals surface area contributed by atoms with Crippen molar-refractivity contribution in [2.45, 2.75) is 24.7 Å². The number of rotatable bonds is 5. The molecule has 1 heterocycles. The Kier molecular flexibility index (Phi) is 5.36. The highest BCUT2D eigenvalue weighted by molar-refractivity contribution is 7.89. The Labute approximate surface area is 148 Å². The maximum Gasteiger partial charge on any atom is 0.241 e. The Bertz CT molecular complexity index is 874. The second-order valence-corrected chi connectivity index (χ2v) is 8.14. The molecule has 0 aliphatic carbocycles. The van der Waals surface area contributed by atoms with Gasteiger partial charge in [0.15, 0.2) is 0 Å². The van der Waals surface area contributed by atoms with Crippen molar-refractivity contribution in [3.05, 3.63) is 36.4 Å². The molecule has 2 aromatic carbocycles. The molecule has 1 aliphatic rings. The number of carbonyl (C=O) groups excluding carboxylic acids is 1. The molecule has 0 radical (unpaired) electrons. The number of piperidine rings is 1. The van der Waals surface area contributed by atoms with Gasteiger partial charge in [-0.25, -0.2) is 13.1 Å². The van der Waals surface area contributed by atoms with E-state index in [2.05, 4.69) is 15.4 Å². The van der Waals surface area contributed by atoms with Crippen molar-refractivity contribution in [1.29, 1.82) is 0 Å². The third kappa shape index (κ3) is 4.18. The highest BCUT2D eigenvalue weighted by Gasteiger charge is 2.21. The lowest BCUT2D eigenvalue weighted by Gasteiger charge is -2.23. The van der Waals surface area contributed by atoms with Crippen LogP contribution in [0.1, 0.15) is 19.8 Å². The largest absolute Gasteiger partial charge is 0.326 e. The van der Waals surface area contributed by atoms with E-state index in [-0.39, 0.29) is 10.8 Å². The molecule has 0 spiro atoms. The van der Waals surface area contributed by atoms with Crippen LogP contribution < -0.4 is 15.4 Å². The first kappa shape index (κ1) is 17.8. The highest BCUT2D eigenvalue weighted by Crippen LogP contribution is 2.29. The zero-order valence-electron chi connectivity index (χ0n) is 14.2. The quantitative estimate of drug-likeness (QED) is 0.761. The van der Waals surface area contributed by atoms with E-state index in [1.807, 2.05) is 12.1 Å². The summed E-state index contributed by atoms with van der Waals surface area (Å²) in [5.41, 5.74) is 0.610. The zero-order chi connectivity index (χ0) is 17.9. The van der Waals surface area contributed by atoms with Gasteiger partial charge in [-0.15, -0.1) is 0 Å². The first-order chi connectivity index (χ1) is 12.0. The van der Waals surface area contributed by atoms with Crippen LogP contribution in [-0.4, -0.2) is 34.0 Å². The third-order valence-electron chi connectivity index (χ3n) is 4.45. The van der Waals surface area contributed by atoms with Gasteiger partial charge in [-0.2, -0.15) is 0 Å². The average Bonchev–Trinajstić information content (AvgIpc) is 2.61. The molecule has 3 rings (SSSR count). The second kappa shape index (κ2) is 7.51. The molecule has 1 fully saturated rings. The molecule has 134 valence electrons. The lowest BCUT2D eigenvalue weighted by Crippen LogP contribution is -2.38. The molecule has 1 aliphatic heterocycles. The molecule has 25 heavy (non-hydrogen) atoms. The minimum atomic E-state index is -3.62. The van der Waals surface area contributed by atoms with Crippen LogP contribution >= 0.6 is 0 Å². The van der Waals surface area contributed by atoms with E-state index < -0.39 is 10.0 Å². The number of benzene rings is 2. The summed E-state index contributed by atoms with van der Waals surface area (Å²) < 4.78 is 28.3. The van der Waals surface area contributed by atoms with Crippen LogP contribution in [0, 0.1) is 5.92 Å². The molecule has 1 unspecified atom stereocenters. The van der Waals surface area contributed by atoms with Crippen LogP contribution in [0.4, 0.5) is 5.69 Å². The normalized spacial score (nSPS) is 18.2. The molecule has 0 saturated carbocycles. The summed E-state index contributed by atoms with van der Waals surface area (Å²) in [6.45, 7) is 3.69. The number of hydrogen-bond donors (Lipinski definition) is 3. The van der Waals surface area contributed by atoms with Gasteiger partial charge in [-0.3, -0.25) is 4.79 Å². The number of hydrogen-bond acceptors (Lipinski definition) is 4. The fourth-order valence-corrected chi connectivity index (χ4v) is 4.53. The van der Waals surface area contributed by atoms with Crippen LogP contribution in [0.25, 0.3) is 10.8 Å². The van der Waals surface area contributed by atoms with Crippen molar-refractivity contribution in [1.82, 2.24) is 10.0 Å². The second-order valence-electron chi connectivity index (χ2n) is 6.40. The number of fused-ring (bicyclic) bond motifs is 1. The Morgan fingerprint density at radius 3 is 2.64 bits per heavy atom. The molecule has 0 bridgehead atoms. The van der Waals surface area contributed by atoms with Gasteiger partial charge in [0.1, 0.15) is 0 Å².